The third-order valence-electron chi connectivity index (χ3n) is 4.38. The lowest BCUT2D eigenvalue weighted by Gasteiger charge is -2.09. The number of carboxylic acid groups (broad SMARTS) is 1. The highest BCUT2D eigenvalue weighted by molar-refractivity contribution is 5.81. The molecular formula is C21H21NO3. The number of benzene rings is 2. The number of nitrogens with zero attached hydrogens (tertiary/aromatic N) is 1. The van der Waals surface area contributed by atoms with Crippen LogP contribution in [0.5, 0.6) is 0 Å². The van der Waals surface area contributed by atoms with E-state index >= 15 is 0 Å². The first-order chi connectivity index (χ1) is 12.0. The summed E-state index contributed by atoms with van der Waals surface area (Å²) < 4.78 is 6.09. The summed E-state index contributed by atoms with van der Waals surface area (Å²) in [5.74, 6) is -0.239. The van der Waals surface area contributed by atoms with Crippen LogP contribution in [0.2, 0.25) is 0 Å². The Bertz CT molecular complexity index is 987. The third kappa shape index (κ3) is 3.48. The second-order valence-corrected chi connectivity index (χ2v) is 6.19. The predicted molar refractivity (Wildman–Crippen MR) is 98.4 cm³/mol. The molecule has 4 nitrogen and oxygen atoms in total. The third-order valence-corrected chi connectivity index (χ3v) is 4.38. The molecule has 0 fully saturated rings. The molecule has 3 rings (SSSR count). The molecule has 0 saturated carbocycles. The van der Waals surface area contributed by atoms with Crippen LogP contribution in [0.1, 0.15) is 24.5 Å². The monoisotopic (exact) mass is 335 g/mol. The zero-order valence-electron chi connectivity index (χ0n) is 14.6. The fraction of sp³-hybridized carbons (Fsp3) is 0.238. The Morgan fingerprint density at radius 1 is 1.12 bits per heavy atom. The molecule has 4 heteroatoms. The molecule has 128 valence electrons. The number of aliphatic carboxylic acids is 1. The van der Waals surface area contributed by atoms with Gasteiger partial charge in [0.25, 0.3) is 0 Å². The second-order valence-electron chi connectivity index (χ2n) is 6.19. The van der Waals surface area contributed by atoms with Gasteiger partial charge in [0.15, 0.2) is 0 Å². The fourth-order valence-electron chi connectivity index (χ4n) is 2.76. The highest BCUT2D eigenvalue weighted by atomic mass is 16.4. The van der Waals surface area contributed by atoms with Crippen LogP contribution in [0.25, 0.3) is 22.3 Å². The van der Waals surface area contributed by atoms with Crippen LogP contribution < -0.4 is 5.36 Å². The lowest BCUT2D eigenvalue weighted by molar-refractivity contribution is -0.138. The summed E-state index contributed by atoms with van der Waals surface area (Å²) in [6.45, 7) is 5.88. The van der Waals surface area contributed by atoms with Crippen LogP contribution in [0.3, 0.4) is 0 Å². The smallest absolute Gasteiger partial charge is 0.328 e. The SMILES string of the molecule is CC[C@@H](N=c1cc(-c2ccccc2)oc2cc(C)c(C)cc12)C(=O)O. The van der Waals surface area contributed by atoms with Crippen LogP contribution in [0.15, 0.2) is 57.9 Å². The number of carboxylic acids is 1. The van der Waals surface area contributed by atoms with Crippen molar-refractivity contribution in [3.8, 4) is 11.3 Å². The van der Waals surface area contributed by atoms with Crippen molar-refractivity contribution in [2.45, 2.75) is 33.2 Å². The first-order valence-electron chi connectivity index (χ1n) is 8.36. The molecule has 25 heavy (non-hydrogen) atoms. The van der Waals surface area contributed by atoms with Gasteiger partial charge < -0.3 is 9.52 Å². The number of aryl methyl sites for hydroxylation is 2. The minimum Gasteiger partial charge on any atom is -0.480 e. The zero-order valence-corrected chi connectivity index (χ0v) is 14.6. The van der Waals surface area contributed by atoms with Crippen molar-refractivity contribution >= 4 is 16.9 Å². The van der Waals surface area contributed by atoms with E-state index in [0.717, 1.165) is 22.1 Å². The van der Waals surface area contributed by atoms with Gasteiger partial charge in [-0.05, 0) is 43.5 Å². The van der Waals surface area contributed by atoms with Gasteiger partial charge in [-0.15, -0.1) is 0 Å². The summed E-state index contributed by atoms with van der Waals surface area (Å²) in [7, 11) is 0. The molecule has 1 N–H and O–H groups in total. The molecule has 1 atom stereocenters. The normalized spacial score (nSPS) is 13.2. The number of hydrogen-bond donors (Lipinski definition) is 1. The summed E-state index contributed by atoms with van der Waals surface area (Å²) >= 11 is 0. The number of hydrogen-bond acceptors (Lipinski definition) is 3. The molecule has 0 spiro atoms. The summed E-state index contributed by atoms with van der Waals surface area (Å²) in [5, 5.41) is 10.9. The van der Waals surface area contributed by atoms with Gasteiger partial charge in [-0.1, -0.05) is 37.3 Å². The van der Waals surface area contributed by atoms with Gasteiger partial charge in [0.1, 0.15) is 17.4 Å². The van der Waals surface area contributed by atoms with Crippen molar-refractivity contribution in [2.75, 3.05) is 0 Å². The molecule has 0 amide bonds. The predicted octanol–water partition coefficient (Wildman–Crippen LogP) is 4.48. The molecule has 0 aliphatic rings. The molecule has 0 bridgehead atoms. The van der Waals surface area contributed by atoms with Crippen LogP contribution in [0, 0.1) is 13.8 Å². The Balaban J connectivity index is 2.34. The quantitative estimate of drug-likeness (QED) is 0.764. The molecule has 0 radical (unpaired) electrons. The molecular weight excluding hydrogens is 314 g/mol. The summed E-state index contributed by atoms with van der Waals surface area (Å²) in [4.78, 5) is 15.9. The zero-order chi connectivity index (χ0) is 18.0. The molecule has 1 heterocycles. The topological polar surface area (TPSA) is 62.8 Å². The largest absolute Gasteiger partial charge is 0.480 e. The molecule has 0 saturated heterocycles. The van der Waals surface area contributed by atoms with E-state index in [1.165, 1.54) is 0 Å². The van der Waals surface area contributed by atoms with Crippen LogP contribution >= 0.6 is 0 Å². The van der Waals surface area contributed by atoms with Crippen molar-refractivity contribution < 1.29 is 14.3 Å². The lowest BCUT2D eigenvalue weighted by atomic mass is 10.1. The average Bonchev–Trinajstić information content (AvgIpc) is 2.61. The van der Waals surface area contributed by atoms with Gasteiger partial charge in [0.05, 0.1) is 5.36 Å². The Labute approximate surface area is 146 Å². The lowest BCUT2D eigenvalue weighted by Crippen LogP contribution is -2.21. The van der Waals surface area contributed by atoms with E-state index in [2.05, 4.69) is 4.99 Å². The van der Waals surface area contributed by atoms with Crippen molar-refractivity contribution in [3.05, 3.63) is 65.0 Å². The minimum absolute atomic E-state index is 0.439. The van der Waals surface area contributed by atoms with E-state index in [9.17, 15) is 9.90 Å². The number of carbonyl (C=O) groups is 1. The summed E-state index contributed by atoms with van der Waals surface area (Å²) in [6, 6.07) is 14.8. The molecule has 0 aliphatic heterocycles. The van der Waals surface area contributed by atoms with E-state index < -0.39 is 12.0 Å². The molecule has 0 unspecified atom stereocenters. The van der Waals surface area contributed by atoms with E-state index in [4.69, 9.17) is 4.42 Å². The molecule has 0 aliphatic carbocycles. The average molecular weight is 335 g/mol. The first-order valence-corrected chi connectivity index (χ1v) is 8.36. The Kier molecular flexibility index (Phi) is 4.70. The second kappa shape index (κ2) is 6.93. The van der Waals surface area contributed by atoms with E-state index in [1.807, 2.05) is 69.3 Å². The van der Waals surface area contributed by atoms with E-state index in [1.54, 1.807) is 0 Å². The van der Waals surface area contributed by atoms with Gasteiger partial charge in [0.2, 0.25) is 0 Å². The maximum atomic E-state index is 11.4. The summed E-state index contributed by atoms with van der Waals surface area (Å²) in [6.07, 6.45) is 0.439. The Morgan fingerprint density at radius 2 is 1.80 bits per heavy atom. The minimum atomic E-state index is -0.915. The molecule has 3 aromatic rings. The Morgan fingerprint density at radius 3 is 2.44 bits per heavy atom. The number of fused-ring (bicyclic) bond motifs is 1. The van der Waals surface area contributed by atoms with Crippen LogP contribution in [-0.4, -0.2) is 17.1 Å². The Hall–Kier alpha value is -2.88. The summed E-state index contributed by atoms with van der Waals surface area (Å²) in [5.41, 5.74) is 3.89. The van der Waals surface area contributed by atoms with Gasteiger partial charge in [-0.2, -0.15) is 0 Å². The number of rotatable bonds is 4. The van der Waals surface area contributed by atoms with Crippen molar-refractivity contribution in [1.29, 1.82) is 0 Å². The maximum absolute atomic E-state index is 11.4. The maximum Gasteiger partial charge on any atom is 0.328 e. The van der Waals surface area contributed by atoms with Crippen LogP contribution in [-0.2, 0) is 4.79 Å². The van der Waals surface area contributed by atoms with Crippen molar-refractivity contribution in [2.24, 2.45) is 4.99 Å². The van der Waals surface area contributed by atoms with E-state index in [0.29, 0.717) is 23.1 Å². The highest BCUT2D eigenvalue weighted by Crippen LogP contribution is 2.24. The van der Waals surface area contributed by atoms with Gasteiger partial charge in [0, 0.05) is 17.0 Å². The molecule has 1 aromatic heterocycles. The van der Waals surface area contributed by atoms with Crippen molar-refractivity contribution in [1.82, 2.24) is 0 Å². The highest BCUT2D eigenvalue weighted by Gasteiger charge is 2.14. The first kappa shape index (κ1) is 17.0. The molecule has 2 aromatic carbocycles. The van der Waals surface area contributed by atoms with E-state index in [-0.39, 0.29) is 0 Å². The van der Waals surface area contributed by atoms with Gasteiger partial charge in [-0.3, -0.25) is 4.99 Å². The van der Waals surface area contributed by atoms with Gasteiger partial charge in [-0.25, -0.2) is 4.79 Å². The van der Waals surface area contributed by atoms with Crippen molar-refractivity contribution in [3.63, 3.8) is 0 Å². The van der Waals surface area contributed by atoms with Gasteiger partial charge >= 0.3 is 5.97 Å². The van der Waals surface area contributed by atoms with Crippen LogP contribution in [0.4, 0.5) is 0 Å². The fourth-order valence-corrected chi connectivity index (χ4v) is 2.76. The standard InChI is InChI=1S/C21H21NO3/c1-4-17(21(23)24)22-18-12-19(15-8-6-5-7-9-15)25-20-11-14(3)13(2)10-16(18)20/h5-12,17H,4H2,1-3H3,(H,23,24)/t17-/m1/s1.